The number of nitrogens with zero attached hydrogens (tertiary/aromatic N) is 3. The number of hydrogen-bond acceptors (Lipinski definition) is 4. The van der Waals surface area contributed by atoms with Crippen LogP contribution in [0.25, 0.3) is 22.7 Å². The lowest BCUT2D eigenvalue weighted by Crippen LogP contribution is -2.39. The Morgan fingerprint density at radius 1 is 1.19 bits per heavy atom. The molecule has 3 heterocycles. The molecule has 0 amide bonds. The number of fused-ring (bicyclic) bond motifs is 2. The molecule has 1 aliphatic heterocycles. The maximum Gasteiger partial charge on any atom is 0.326 e. The van der Waals surface area contributed by atoms with Gasteiger partial charge in [0.25, 0.3) is 0 Å². The van der Waals surface area contributed by atoms with Crippen LogP contribution in [0.15, 0.2) is 64.6 Å². The first-order valence-corrected chi connectivity index (χ1v) is 12.8. The van der Waals surface area contributed by atoms with Gasteiger partial charge in [-0.25, -0.2) is 9.18 Å². The third kappa shape index (κ3) is 4.49. The molecule has 1 fully saturated rings. The number of allylic oxidation sites excluding steroid dienone is 5. The molecule has 3 aliphatic rings. The van der Waals surface area contributed by atoms with E-state index in [9.17, 15) is 9.18 Å². The van der Waals surface area contributed by atoms with Crippen LogP contribution >= 0.6 is 0 Å². The highest BCUT2D eigenvalue weighted by atomic mass is 19.1. The number of hydrogen-bond donors (Lipinski definition) is 1. The summed E-state index contributed by atoms with van der Waals surface area (Å²) in [4.78, 5) is 22.8. The zero-order valence-corrected chi connectivity index (χ0v) is 20.6. The van der Waals surface area contributed by atoms with Gasteiger partial charge in [-0.1, -0.05) is 23.8 Å². The second-order valence-electron chi connectivity index (χ2n) is 10.2. The highest BCUT2D eigenvalue weighted by Crippen LogP contribution is 2.42. The predicted octanol–water partition coefficient (Wildman–Crippen LogP) is 4.53. The molecule has 36 heavy (non-hydrogen) atoms. The molecule has 0 spiro atoms. The fourth-order valence-electron chi connectivity index (χ4n) is 5.63. The summed E-state index contributed by atoms with van der Waals surface area (Å²) in [5.74, 6) is 0. The summed E-state index contributed by atoms with van der Waals surface area (Å²) in [7, 11) is 0. The molecular formula is C29H31FN4O2. The number of ether oxygens (including phenoxy) is 1. The summed E-state index contributed by atoms with van der Waals surface area (Å²) in [6.45, 7) is 6.40. The Balaban J connectivity index is 1.37. The predicted molar refractivity (Wildman–Crippen MR) is 141 cm³/mol. The standard InChI is InChI=1S/C29H31FN4O2/c1-29(30)9-8-22-21(19-29)5-6-25-23(3-2-10-31-25)24(22)17-20-4-7-27-26(18-20)32-28(35)34(27)12-11-33-13-15-36-16-14-33/h2-4,7-10,17-18H,5-6,11-16,19H2,1H3,(H,32,35)/b24-17+. The number of aromatic amines is 1. The highest BCUT2D eigenvalue weighted by molar-refractivity contribution is 5.96. The van der Waals surface area contributed by atoms with E-state index in [2.05, 4.69) is 33.1 Å². The minimum atomic E-state index is -1.32. The summed E-state index contributed by atoms with van der Waals surface area (Å²) < 4.78 is 22.1. The normalized spacial score (nSPS) is 23.7. The molecule has 2 aromatic heterocycles. The summed E-state index contributed by atoms with van der Waals surface area (Å²) in [5, 5.41) is 0. The minimum absolute atomic E-state index is 0.0884. The number of halogens is 1. The van der Waals surface area contributed by atoms with Crippen molar-refractivity contribution in [1.82, 2.24) is 19.4 Å². The zero-order valence-electron chi connectivity index (χ0n) is 20.6. The molecule has 3 aromatic rings. The molecule has 0 radical (unpaired) electrons. The van der Waals surface area contributed by atoms with Gasteiger partial charge in [0.05, 0.1) is 24.2 Å². The van der Waals surface area contributed by atoms with Crippen LogP contribution < -0.4 is 5.69 Å². The van der Waals surface area contributed by atoms with E-state index in [1.807, 2.05) is 35.0 Å². The van der Waals surface area contributed by atoms with Gasteiger partial charge < -0.3 is 9.72 Å². The number of H-pyrrole nitrogens is 1. The van der Waals surface area contributed by atoms with Gasteiger partial charge in [0.2, 0.25) is 0 Å². The number of pyridine rings is 1. The van der Waals surface area contributed by atoms with Crippen molar-refractivity contribution in [3.8, 4) is 0 Å². The first-order chi connectivity index (χ1) is 17.5. The van der Waals surface area contributed by atoms with Crippen molar-refractivity contribution >= 4 is 22.7 Å². The first kappa shape index (κ1) is 23.1. The van der Waals surface area contributed by atoms with E-state index in [1.165, 1.54) is 0 Å². The van der Waals surface area contributed by atoms with Crippen LogP contribution in [0.1, 0.15) is 36.6 Å². The molecule has 1 aromatic carbocycles. The van der Waals surface area contributed by atoms with Gasteiger partial charge in [0, 0.05) is 50.1 Å². The van der Waals surface area contributed by atoms with Crippen molar-refractivity contribution in [1.29, 1.82) is 0 Å². The summed E-state index contributed by atoms with van der Waals surface area (Å²) in [5.41, 5.74) is 6.72. The molecule has 6 rings (SSSR count). The molecule has 186 valence electrons. The van der Waals surface area contributed by atoms with Crippen LogP contribution in [0, 0.1) is 0 Å². The Morgan fingerprint density at radius 3 is 2.92 bits per heavy atom. The number of rotatable bonds is 4. The molecule has 7 heteroatoms. The van der Waals surface area contributed by atoms with Crippen LogP contribution in [0.5, 0.6) is 0 Å². The van der Waals surface area contributed by atoms with E-state index in [-0.39, 0.29) is 5.69 Å². The van der Waals surface area contributed by atoms with Crippen molar-refractivity contribution in [2.45, 2.75) is 38.4 Å². The smallest absolute Gasteiger partial charge is 0.326 e. The van der Waals surface area contributed by atoms with Gasteiger partial charge in [-0.15, -0.1) is 0 Å². The SMILES string of the molecule is CC1(F)C=CC2=C(CCc3ncccc3/C2=C/c2ccc3c(c2)[nH]c(=O)n3CCN2CCOCC2)C1. The van der Waals surface area contributed by atoms with E-state index in [1.54, 1.807) is 13.0 Å². The highest BCUT2D eigenvalue weighted by Gasteiger charge is 2.30. The number of aryl methyl sites for hydroxylation is 1. The van der Waals surface area contributed by atoms with Gasteiger partial charge in [-0.3, -0.25) is 14.5 Å². The van der Waals surface area contributed by atoms with Crippen LogP contribution in [0.4, 0.5) is 4.39 Å². The lowest BCUT2D eigenvalue weighted by atomic mass is 9.83. The molecule has 1 atom stereocenters. The quantitative estimate of drug-likeness (QED) is 0.589. The monoisotopic (exact) mass is 486 g/mol. The number of aromatic nitrogens is 3. The second-order valence-corrected chi connectivity index (χ2v) is 10.2. The summed E-state index contributed by atoms with van der Waals surface area (Å²) in [6, 6.07) is 10.2. The van der Waals surface area contributed by atoms with Gasteiger partial charge >= 0.3 is 5.69 Å². The van der Waals surface area contributed by atoms with Gasteiger partial charge in [0.15, 0.2) is 0 Å². The van der Waals surface area contributed by atoms with E-state index >= 15 is 0 Å². The van der Waals surface area contributed by atoms with E-state index in [0.717, 1.165) is 90.3 Å². The number of benzene rings is 1. The maximum atomic E-state index is 14.9. The number of morpholine rings is 1. The lowest BCUT2D eigenvalue weighted by Gasteiger charge is -2.26. The first-order valence-electron chi connectivity index (χ1n) is 12.8. The van der Waals surface area contributed by atoms with Gasteiger partial charge in [-0.05, 0) is 66.8 Å². The Kier molecular flexibility index (Phi) is 5.97. The fourth-order valence-corrected chi connectivity index (χ4v) is 5.63. The van der Waals surface area contributed by atoms with Crippen molar-refractivity contribution in [2.24, 2.45) is 0 Å². The summed E-state index contributed by atoms with van der Waals surface area (Å²) >= 11 is 0. The minimum Gasteiger partial charge on any atom is -0.379 e. The van der Waals surface area contributed by atoms with Gasteiger partial charge in [-0.2, -0.15) is 0 Å². The van der Waals surface area contributed by atoms with Crippen LogP contribution in [-0.4, -0.2) is 58.0 Å². The molecule has 0 saturated carbocycles. The molecule has 1 saturated heterocycles. The Hall–Kier alpha value is -3.29. The molecule has 1 N–H and O–H groups in total. The molecule has 1 unspecified atom stereocenters. The van der Waals surface area contributed by atoms with Crippen molar-refractivity contribution in [3.05, 3.63) is 87.1 Å². The molecule has 0 bridgehead atoms. The topological polar surface area (TPSA) is 63.2 Å². The molecule has 2 aliphatic carbocycles. The van der Waals surface area contributed by atoms with Crippen molar-refractivity contribution in [3.63, 3.8) is 0 Å². The van der Waals surface area contributed by atoms with Crippen molar-refractivity contribution in [2.75, 3.05) is 32.8 Å². The van der Waals surface area contributed by atoms with Crippen molar-refractivity contribution < 1.29 is 9.13 Å². The van der Waals surface area contributed by atoms with Crippen LogP contribution in [0.2, 0.25) is 0 Å². The maximum absolute atomic E-state index is 14.9. The third-order valence-electron chi connectivity index (χ3n) is 7.52. The number of alkyl halides is 1. The number of nitrogens with one attached hydrogen (secondary N) is 1. The van der Waals surface area contributed by atoms with E-state index < -0.39 is 5.67 Å². The zero-order chi connectivity index (χ0) is 24.7. The average Bonchev–Trinajstić information content (AvgIpc) is 3.11. The second kappa shape index (κ2) is 9.30. The van der Waals surface area contributed by atoms with Crippen LogP contribution in [0.3, 0.4) is 0 Å². The molecule has 6 nitrogen and oxygen atoms in total. The van der Waals surface area contributed by atoms with Gasteiger partial charge in [0.1, 0.15) is 5.67 Å². The Morgan fingerprint density at radius 2 is 2.06 bits per heavy atom. The average molecular weight is 487 g/mol. The third-order valence-corrected chi connectivity index (χ3v) is 7.52. The molecular weight excluding hydrogens is 455 g/mol. The lowest BCUT2D eigenvalue weighted by molar-refractivity contribution is 0.0364. The number of imidazole rings is 1. The fraction of sp³-hybridized carbons (Fsp3) is 0.379. The largest absolute Gasteiger partial charge is 0.379 e. The van der Waals surface area contributed by atoms with E-state index in [0.29, 0.717) is 13.0 Å². The van der Waals surface area contributed by atoms with Crippen LogP contribution in [-0.2, 0) is 17.7 Å². The summed E-state index contributed by atoms with van der Waals surface area (Å²) in [6.07, 6.45) is 9.60. The Labute approximate surface area is 209 Å². The Bertz CT molecular complexity index is 1450. The van der Waals surface area contributed by atoms with E-state index in [4.69, 9.17) is 4.74 Å².